The van der Waals surface area contributed by atoms with E-state index in [0.717, 1.165) is 30.4 Å². The Hall–Kier alpha value is -3.09. The minimum absolute atomic E-state index is 0.0175. The molecule has 7 heteroatoms. The molecule has 166 valence electrons. The van der Waals surface area contributed by atoms with Gasteiger partial charge >= 0.3 is 0 Å². The van der Waals surface area contributed by atoms with E-state index in [0.29, 0.717) is 12.1 Å². The molecule has 2 aliphatic carbocycles. The van der Waals surface area contributed by atoms with Gasteiger partial charge in [-0.05, 0) is 67.7 Å². The minimum atomic E-state index is -0.0874. The third-order valence-corrected chi connectivity index (χ3v) is 7.60. The Morgan fingerprint density at radius 2 is 2.00 bits per heavy atom. The lowest BCUT2D eigenvalue weighted by atomic mass is 10.0. The number of carbonyl (C=O) groups is 1. The standard InChI is InChI=1S/C25H30N6O/c1-15-7-23(30-10-18-8-19(18)11-30)16(2)6-17(15)12-31-13-20(9-27-31)25(32)28-21-4-5-22-24(21)26-14-29(22)3/h6-7,9,13-14,18-19,21H,4-5,8,10-12H2,1-3H3,(H,28,32)/t18?,19?,21-/m1/s1. The molecule has 1 amide bonds. The number of fused-ring (bicyclic) bond motifs is 2. The van der Waals surface area contributed by atoms with Crippen molar-refractivity contribution in [2.45, 2.75) is 45.7 Å². The Labute approximate surface area is 188 Å². The normalized spacial score (nSPS) is 23.3. The van der Waals surface area contributed by atoms with Crippen molar-refractivity contribution in [2.24, 2.45) is 18.9 Å². The zero-order valence-corrected chi connectivity index (χ0v) is 19.0. The summed E-state index contributed by atoms with van der Waals surface area (Å²) in [4.78, 5) is 19.8. The second-order valence-electron chi connectivity index (χ2n) is 9.90. The van der Waals surface area contributed by atoms with Gasteiger partial charge in [0.15, 0.2) is 0 Å². The van der Waals surface area contributed by atoms with E-state index < -0.39 is 0 Å². The summed E-state index contributed by atoms with van der Waals surface area (Å²) in [5.41, 5.74) is 8.03. The fourth-order valence-corrected chi connectivity index (χ4v) is 5.58. The fourth-order valence-electron chi connectivity index (χ4n) is 5.58. The summed E-state index contributed by atoms with van der Waals surface area (Å²) in [6.07, 6.45) is 8.60. The number of rotatable bonds is 5. The van der Waals surface area contributed by atoms with Crippen LogP contribution in [0.25, 0.3) is 0 Å². The number of nitrogens with one attached hydrogen (secondary N) is 1. The van der Waals surface area contributed by atoms with Gasteiger partial charge in [0.05, 0.1) is 36.4 Å². The molecule has 1 aromatic carbocycles. The first-order valence-electron chi connectivity index (χ1n) is 11.6. The lowest BCUT2D eigenvalue weighted by Crippen LogP contribution is -2.27. The number of carbonyl (C=O) groups excluding carboxylic acids is 1. The molecule has 6 rings (SSSR count). The number of aromatic nitrogens is 4. The van der Waals surface area contributed by atoms with Crippen LogP contribution in [0.1, 0.15) is 57.3 Å². The van der Waals surface area contributed by atoms with Crippen molar-refractivity contribution in [3.63, 3.8) is 0 Å². The van der Waals surface area contributed by atoms with Crippen LogP contribution in [-0.2, 0) is 20.0 Å². The molecule has 3 atom stereocenters. The lowest BCUT2D eigenvalue weighted by Gasteiger charge is -2.24. The zero-order valence-electron chi connectivity index (χ0n) is 19.0. The average molecular weight is 431 g/mol. The van der Waals surface area contributed by atoms with E-state index in [1.165, 1.54) is 47.6 Å². The molecular formula is C25H30N6O. The molecule has 3 aliphatic rings. The Morgan fingerprint density at radius 1 is 1.19 bits per heavy atom. The molecule has 0 radical (unpaired) electrons. The summed E-state index contributed by atoms with van der Waals surface area (Å²) in [6.45, 7) is 7.47. The molecule has 1 saturated carbocycles. The molecule has 3 heterocycles. The quantitative estimate of drug-likeness (QED) is 0.675. The second kappa shape index (κ2) is 7.22. The third kappa shape index (κ3) is 3.31. The van der Waals surface area contributed by atoms with Gasteiger partial charge in [-0.2, -0.15) is 5.10 Å². The van der Waals surface area contributed by atoms with Gasteiger partial charge in [-0.15, -0.1) is 0 Å². The summed E-state index contributed by atoms with van der Waals surface area (Å²) in [7, 11) is 2.00. The summed E-state index contributed by atoms with van der Waals surface area (Å²) >= 11 is 0. The SMILES string of the molecule is Cc1cc(N2CC3CC3C2)c(C)cc1Cn1cc(C(=O)N[C@@H]2CCc3c2ncn3C)cn1. The van der Waals surface area contributed by atoms with Gasteiger partial charge in [0.1, 0.15) is 0 Å². The van der Waals surface area contributed by atoms with Crippen molar-refractivity contribution in [3.05, 3.63) is 64.5 Å². The Balaban J connectivity index is 1.14. The number of nitrogens with zero attached hydrogens (tertiary/aromatic N) is 5. The van der Waals surface area contributed by atoms with Gasteiger partial charge in [0.2, 0.25) is 0 Å². The van der Waals surface area contributed by atoms with Gasteiger partial charge in [-0.1, -0.05) is 6.07 Å². The van der Waals surface area contributed by atoms with Crippen LogP contribution in [0, 0.1) is 25.7 Å². The van der Waals surface area contributed by atoms with E-state index in [-0.39, 0.29) is 11.9 Å². The Morgan fingerprint density at radius 3 is 2.81 bits per heavy atom. The Kier molecular flexibility index (Phi) is 4.42. The highest BCUT2D eigenvalue weighted by molar-refractivity contribution is 5.94. The maximum Gasteiger partial charge on any atom is 0.255 e. The predicted molar refractivity (Wildman–Crippen MR) is 123 cm³/mol. The van der Waals surface area contributed by atoms with Crippen LogP contribution >= 0.6 is 0 Å². The molecule has 32 heavy (non-hydrogen) atoms. The second-order valence-corrected chi connectivity index (χ2v) is 9.90. The van der Waals surface area contributed by atoms with Gasteiger partial charge in [0, 0.05) is 37.7 Å². The molecule has 0 spiro atoms. The molecule has 2 aromatic heterocycles. The fraction of sp³-hybridized carbons (Fsp3) is 0.480. The molecule has 2 unspecified atom stereocenters. The number of aryl methyl sites for hydroxylation is 3. The highest BCUT2D eigenvalue weighted by Gasteiger charge is 2.45. The number of piperidine rings is 1. The maximum absolute atomic E-state index is 12.8. The van der Waals surface area contributed by atoms with Crippen LogP contribution < -0.4 is 10.2 Å². The third-order valence-electron chi connectivity index (χ3n) is 7.60. The molecule has 1 aliphatic heterocycles. The number of imidazole rings is 1. The van der Waals surface area contributed by atoms with E-state index in [1.54, 1.807) is 6.20 Å². The van der Waals surface area contributed by atoms with Gasteiger partial charge in [0.25, 0.3) is 5.91 Å². The number of amides is 1. The van der Waals surface area contributed by atoms with Crippen LogP contribution in [0.15, 0.2) is 30.9 Å². The summed E-state index contributed by atoms with van der Waals surface area (Å²) < 4.78 is 3.91. The van der Waals surface area contributed by atoms with Gasteiger partial charge in [-0.3, -0.25) is 9.48 Å². The van der Waals surface area contributed by atoms with E-state index in [9.17, 15) is 4.79 Å². The van der Waals surface area contributed by atoms with E-state index in [1.807, 2.05) is 28.8 Å². The van der Waals surface area contributed by atoms with E-state index >= 15 is 0 Å². The number of hydrogen-bond acceptors (Lipinski definition) is 4. The average Bonchev–Trinajstić information content (AvgIpc) is 3.23. The first kappa shape index (κ1) is 19.6. The van der Waals surface area contributed by atoms with Crippen LogP contribution in [0.3, 0.4) is 0 Å². The monoisotopic (exact) mass is 430 g/mol. The van der Waals surface area contributed by atoms with Crippen LogP contribution in [0.2, 0.25) is 0 Å². The predicted octanol–water partition coefficient (Wildman–Crippen LogP) is 3.16. The maximum atomic E-state index is 12.8. The molecule has 3 aromatic rings. The van der Waals surface area contributed by atoms with Crippen molar-refractivity contribution in [1.82, 2.24) is 24.6 Å². The largest absolute Gasteiger partial charge is 0.371 e. The van der Waals surface area contributed by atoms with Crippen LogP contribution in [-0.4, -0.2) is 38.3 Å². The number of anilines is 1. The molecule has 7 nitrogen and oxygen atoms in total. The van der Waals surface area contributed by atoms with Crippen molar-refractivity contribution in [2.75, 3.05) is 18.0 Å². The van der Waals surface area contributed by atoms with Crippen molar-refractivity contribution >= 4 is 11.6 Å². The van der Waals surface area contributed by atoms with Gasteiger partial charge < -0.3 is 14.8 Å². The van der Waals surface area contributed by atoms with Crippen LogP contribution in [0.4, 0.5) is 5.69 Å². The van der Waals surface area contributed by atoms with Gasteiger partial charge in [-0.25, -0.2) is 4.98 Å². The summed E-state index contributed by atoms with van der Waals surface area (Å²) in [5.74, 6) is 1.77. The first-order chi connectivity index (χ1) is 15.5. The smallest absolute Gasteiger partial charge is 0.255 e. The minimum Gasteiger partial charge on any atom is -0.371 e. The van der Waals surface area contributed by atoms with Crippen LogP contribution in [0.5, 0.6) is 0 Å². The molecule has 2 fully saturated rings. The highest BCUT2D eigenvalue weighted by Crippen LogP contribution is 2.47. The lowest BCUT2D eigenvalue weighted by molar-refractivity contribution is 0.0936. The molecular weight excluding hydrogens is 400 g/mol. The highest BCUT2D eigenvalue weighted by atomic mass is 16.1. The number of hydrogen-bond donors (Lipinski definition) is 1. The number of benzene rings is 1. The topological polar surface area (TPSA) is 68.0 Å². The summed E-state index contributed by atoms with van der Waals surface area (Å²) in [6, 6.07) is 4.60. The van der Waals surface area contributed by atoms with Crippen molar-refractivity contribution in [3.8, 4) is 0 Å². The first-order valence-corrected chi connectivity index (χ1v) is 11.6. The Bertz CT molecular complexity index is 1200. The van der Waals surface area contributed by atoms with E-state index in [2.05, 4.69) is 46.3 Å². The van der Waals surface area contributed by atoms with Crippen molar-refractivity contribution < 1.29 is 4.79 Å². The zero-order chi connectivity index (χ0) is 22.0. The molecule has 1 saturated heterocycles. The molecule has 0 bridgehead atoms. The molecule has 1 N–H and O–H groups in total. The van der Waals surface area contributed by atoms with E-state index in [4.69, 9.17) is 0 Å². The summed E-state index contributed by atoms with van der Waals surface area (Å²) in [5, 5.41) is 7.60. The van der Waals surface area contributed by atoms with Crippen molar-refractivity contribution in [1.29, 1.82) is 0 Å².